The fraction of sp³-hybridized carbons (Fsp3) is 0.643. The van der Waals surface area contributed by atoms with Gasteiger partial charge in [0.25, 0.3) is 0 Å². The SMILES string of the molecule is CNC(CCCC(C)(C)C)c1ncc(Br)cc1Br. The highest BCUT2D eigenvalue weighted by Gasteiger charge is 2.16. The lowest BCUT2D eigenvalue weighted by Gasteiger charge is -2.21. The van der Waals surface area contributed by atoms with Gasteiger partial charge in [0.05, 0.1) is 11.7 Å². The Morgan fingerprint density at radius 2 is 2.00 bits per heavy atom. The lowest BCUT2D eigenvalue weighted by Crippen LogP contribution is -2.19. The summed E-state index contributed by atoms with van der Waals surface area (Å²) in [6, 6.07) is 2.37. The van der Waals surface area contributed by atoms with E-state index < -0.39 is 0 Å². The van der Waals surface area contributed by atoms with E-state index in [9.17, 15) is 0 Å². The average molecular weight is 378 g/mol. The maximum absolute atomic E-state index is 4.51. The first kappa shape index (κ1) is 16.1. The van der Waals surface area contributed by atoms with Gasteiger partial charge in [0.1, 0.15) is 0 Å². The minimum absolute atomic E-state index is 0.315. The van der Waals surface area contributed by atoms with Crippen LogP contribution in [0.4, 0.5) is 0 Å². The van der Waals surface area contributed by atoms with Crippen molar-refractivity contribution in [2.24, 2.45) is 5.41 Å². The van der Waals surface area contributed by atoms with Crippen LogP contribution in [0.3, 0.4) is 0 Å². The van der Waals surface area contributed by atoms with E-state index in [1.807, 2.05) is 13.2 Å². The number of hydrogen-bond acceptors (Lipinski definition) is 2. The first-order chi connectivity index (χ1) is 8.33. The molecule has 0 saturated heterocycles. The molecule has 0 radical (unpaired) electrons. The Bertz CT molecular complexity index is 386. The normalized spacial score (nSPS) is 13.7. The van der Waals surface area contributed by atoms with Gasteiger partial charge in [-0.3, -0.25) is 4.98 Å². The van der Waals surface area contributed by atoms with Crippen molar-refractivity contribution in [3.05, 3.63) is 26.9 Å². The molecule has 0 aliphatic heterocycles. The first-order valence-electron chi connectivity index (χ1n) is 6.31. The molecule has 0 spiro atoms. The Morgan fingerprint density at radius 1 is 1.33 bits per heavy atom. The predicted octanol–water partition coefficient (Wildman–Crippen LogP) is 5.08. The average Bonchev–Trinajstić information content (AvgIpc) is 2.24. The molecule has 1 rings (SSSR count). The van der Waals surface area contributed by atoms with Gasteiger partial charge in [0.15, 0.2) is 0 Å². The molecule has 102 valence electrons. The van der Waals surface area contributed by atoms with Gasteiger partial charge in [0.2, 0.25) is 0 Å². The van der Waals surface area contributed by atoms with E-state index in [0.29, 0.717) is 11.5 Å². The summed E-state index contributed by atoms with van der Waals surface area (Å²) in [7, 11) is 2.00. The second kappa shape index (κ2) is 7.01. The second-order valence-electron chi connectivity index (χ2n) is 5.81. The zero-order valence-electron chi connectivity index (χ0n) is 11.6. The number of pyridine rings is 1. The zero-order valence-corrected chi connectivity index (χ0v) is 14.7. The van der Waals surface area contributed by atoms with Crippen molar-refractivity contribution >= 4 is 31.9 Å². The Labute approximate surface area is 127 Å². The molecular weight excluding hydrogens is 356 g/mol. The molecule has 0 bridgehead atoms. The third kappa shape index (κ3) is 5.37. The Balaban J connectivity index is 2.66. The van der Waals surface area contributed by atoms with E-state index in [1.165, 1.54) is 12.8 Å². The first-order valence-corrected chi connectivity index (χ1v) is 7.90. The molecule has 1 aromatic rings. The highest BCUT2D eigenvalue weighted by molar-refractivity contribution is 9.11. The Morgan fingerprint density at radius 3 is 2.50 bits per heavy atom. The Hall–Kier alpha value is 0.0700. The van der Waals surface area contributed by atoms with E-state index in [1.54, 1.807) is 0 Å². The van der Waals surface area contributed by atoms with Crippen LogP contribution in [0.2, 0.25) is 0 Å². The molecule has 18 heavy (non-hydrogen) atoms. The Kier molecular flexibility index (Phi) is 6.28. The summed E-state index contributed by atoms with van der Waals surface area (Å²) in [5.74, 6) is 0. The molecule has 0 aromatic carbocycles. The summed E-state index contributed by atoms with van der Waals surface area (Å²) in [4.78, 5) is 4.51. The van der Waals surface area contributed by atoms with Crippen LogP contribution in [0.5, 0.6) is 0 Å². The number of nitrogens with zero attached hydrogens (tertiary/aromatic N) is 1. The standard InChI is InChI=1S/C14H22Br2N2/c1-14(2,3)7-5-6-12(17-4)13-11(16)8-10(15)9-18-13/h8-9,12,17H,5-7H2,1-4H3. The number of hydrogen-bond donors (Lipinski definition) is 1. The largest absolute Gasteiger partial charge is 0.312 e. The van der Waals surface area contributed by atoms with Gasteiger partial charge in [-0.05, 0) is 63.2 Å². The number of halogens is 2. The lowest BCUT2D eigenvalue weighted by atomic mass is 9.88. The van der Waals surface area contributed by atoms with Gasteiger partial charge in [0, 0.05) is 15.1 Å². The summed E-state index contributed by atoms with van der Waals surface area (Å²) in [6.45, 7) is 6.86. The van der Waals surface area contributed by atoms with Crippen LogP contribution in [0.25, 0.3) is 0 Å². The molecule has 0 aliphatic carbocycles. The fourth-order valence-corrected chi connectivity index (χ4v) is 3.20. The molecule has 4 heteroatoms. The van der Waals surface area contributed by atoms with E-state index in [4.69, 9.17) is 0 Å². The maximum Gasteiger partial charge on any atom is 0.0715 e. The van der Waals surface area contributed by atoms with E-state index >= 15 is 0 Å². The van der Waals surface area contributed by atoms with Crippen molar-refractivity contribution in [3.63, 3.8) is 0 Å². The number of aromatic nitrogens is 1. The molecule has 0 saturated carbocycles. The van der Waals surface area contributed by atoms with Gasteiger partial charge in [-0.15, -0.1) is 0 Å². The summed E-state index contributed by atoms with van der Waals surface area (Å²) >= 11 is 7.02. The molecule has 0 amide bonds. The van der Waals surface area contributed by atoms with Crippen molar-refractivity contribution in [3.8, 4) is 0 Å². The molecule has 1 aromatic heterocycles. The number of nitrogens with one attached hydrogen (secondary N) is 1. The molecule has 2 nitrogen and oxygen atoms in total. The summed E-state index contributed by atoms with van der Waals surface area (Å²) in [6.07, 6.45) is 5.41. The third-order valence-electron chi connectivity index (χ3n) is 2.93. The van der Waals surface area contributed by atoms with Crippen LogP contribution in [0.1, 0.15) is 51.8 Å². The molecule has 1 heterocycles. The van der Waals surface area contributed by atoms with Gasteiger partial charge in [-0.2, -0.15) is 0 Å². The molecule has 1 unspecified atom stereocenters. The smallest absolute Gasteiger partial charge is 0.0715 e. The van der Waals surface area contributed by atoms with Crippen molar-refractivity contribution in [1.29, 1.82) is 0 Å². The maximum atomic E-state index is 4.51. The molecular formula is C14H22Br2N2. The van der Waals surface area contributed by atoms with Crippen LogP contribution in [0, 0.1) is 5.41 Å². The van der Waals surface area contributed by atoms with Gasteiger partial charge in [-0.1, -0.05) is 27.2 Å². The highest BCUT2D eigenvalue weighted by atomic mass is 79.9. The predicted molar refractivity (Wildman–Crippen MR) is 84.7 cm³/mol. The quantitative estimate of drug-likeness (QED) is 0.773. The summed E-state index contributed by atoms with van der Waals surface area (Å²) < 4.78 is 2.06. The van der Waals surface area contributed by atoms with Crippen LogP contribution in [0.15, 0.2) is 21.2 Å². The van der Waals surface area contributed by atoms with Crippen LogP contribution in [-0.4, -0.2) is 12.0 Å². The zero-order chi connectivity index (χ0) is 13.8. The van der Waals surface area contributed by atoms with Gasteiger partial charge in [-0.25, -0.2) is 0 Å². The van der Waals surface area contributed by atoms with Gasteiger partial charge >= 0.3 is 0 Å². The van der Waals surface area contributed by atoms with Crippen molar-refractivity contribution in [2.75, 3.05) is 7.05 Å². The minimum atomic E-state index is 0.315. The topological polar surface area (TPSA) is 24.9 Å². The van der Waals surface area contributed by atoms with Crippen molar-refractivity contribution in [1.82, 2.24) is 10.3 Å². The molecule has 0 fully saturated rings. The van der Waals surface area contributed by atoms with Gasteiger partial charge < -0.3 is 5.32 Å². The summed E-state index contributed by atoms with van der Waals surface area (Å²) in [5, 5.41) is 3.36. The molecule has 1 atom stereocenters. The summed E-state index contributed by atoms with van der Waals surface area (Å²) in [5.41, 5.74) is 1.50. The number of rotatable bonds is 5. The monoisotopic (exact) mass is 376 g/mol. The molecule has 1 N–H and O–H groups in total. The lowest BCUT2D eigenvalue weighted by molar-refractivity contribution is 0.346. The second-order valence-corrected chi connectivity index (χ2v) is 7.58. The van der Waals surface area contributed by atoms with Crippen LogP contribution >= 0.6 is 31.9 Å². The van der Waals surface area contributed by atoms with E-state index in [-0.39, 0.29) is 0 Å². The van der Waals surface area contributed by atoms with E-state index in [0.717, 1.165) is 21.1 Å². The molecule has 0 aliphatic rings. The van der Waals surface area contributed by atoms with Crippen LogP contribution in [-0.2, 0) is 0 Å². The highest BCUT2D eigenvalue weighted by Crippen LogP contribution is 2.29. The fourth-order valence-electron chi connectivity index (χ4n) is 1.94. The van der Waals surface area contributed by atoms with E-state index in [2.05, 4.69) is 69.0 Å². The van der Waals surface area contributed by atoms with Crippen molar-refractivity contribution < 1.29 is 0 Å². The minimum Gasteiger partial charge on any atom is -0.312 e. The third-order valence-corrected chi connectivity index (χ3v) is 4.00. The van der Waals surface area contributed by atoms with Crippen molar-refractivity contribution in [2.45, 2.75) is 46.1 Å². The van der Waals surface area contributed by atoms with Crippen LogP contribution < -0.4 is 5.32 Å².